The number of ether oxygens (including phenoxy) is 1. The third kappa shape index (κ3) is 5.80. The van der Waals surface area contributed by atoms with E-state index in [1.54, 1.807) is 0 Å². The predicted molar refractivity (Wildman–Crippen MR) is 111 cm³/mol. The lowest BCUT2D eigenvalue weighted by Crippen LogP contribution is -2.53. The highest BCUT2D eigenvalue weighted by Gasteiger charge is 2.42. The van der Waals surface area contributed by atoms with E-state index < -0.39 is 23.4 Å². The lowest BCUT2D eigenvalue weighted by Gasteiger charge is -2.38. The normalized spacial score (nSPS) is 31.5. The van der Waals surface area contributed by atoms with Crippen LogP contribution in [-0.4, -0.2) is 33.7 Å². The van der Waals surface area contributed by atoms with Crippen molar-refractivity contribution in [1.29, 1.82) is 0 Å². The van der Waals surface area contributed by atoms with Crippen molar-refractivity contribution in [1.82, 2.24) is 15.3 Å². The molecule has 174 valence electrons. The van der Waals surface area contributed by atoms with Gasteiger partial charge in [-0.1, -0.05) is 27.2 Å². The Labute approximate surface area is 181 Å². The maximum Gasteiger partial charge on any atom is 0.419 e. The van der Waals surface area contributed by atoms with Gasteiger partial charge < -0.3 is 15.4 Å². The molecule has 6 nitrogen and oxygen atoms in total. The molecule has 3 rings (SSSR count). The Kier molecular flexibility index (Phi) is 7.01. The Balaban J connectivity index is 1.62. The number of carbonyl (C=O) groups excluding carboxylic acids is 1. The molecule has 31 heavy (non-hydrogen) atoms. The highest BCUT2D eigenvalue weighted by Crippen LogP contribution is 2.36. The van der Waals surface area contributed by atoms with Crippen molar-refractivity contribution in [3.05, 3.63) is 18.0 Å². The van der Waals surface area contributed by atoms with E-state index in [0.29, 0.717) is 17.8 Å². The van der Waals surface area contributed by atoms with Crippen LogP contribution in [-0.2, 0) is 10.9 Å². The first-order valence-corrected chi connectivity index (χ1v) is 11.1. The van der Waals surface area contributed by atoms with Gasteiger partial charge in [-0.15, -0.1) is 0 Å². The standard InChI is InChI=1S/C22H33F3N4O2/c1-13(2)16-8-7-14(3)10-17(16)31-20(30)28-18-6-5-9-21(18,4)29-19-26-11-15(12-27-19)22(23,24)25/h11-14,16-18H,5-10H2,1-4H3,(H,28,30)(H,26,27,29). The number of alkyl halides is 3. The molecule has 1 amide bonds. The second-order valence-electron chi connectivity index (χ2n) is 9.69. The topological polar surface area (TPSA) is 76.1 Å². The minimum atomic E-state index is -4.48. The first-order valence-electron chi connectivity index (χ1n) is 11.1. The van der Waals surface area contributed by atoms with Crippen molar-refractivity contribution in [3.8, 4) is 0 Å². The molecule has 2 aliphatic rings. The average molecular weight is 443 g/mol. The van der Waals surface area contributed by atoms with Crippen molar-refractivity contribution < 1.29 is 22.7 Å². The van der Waals surface area contributed by atoms with E-state index in [1.165, 1.54) is 0 Å². The fraction of sp³-hybridized carbons (Fsp3) is 0.773. The van der Waals surface area contributed by atoms with Crippen molar-refractivity contribution in [3.63, 3.8) is 0 Å². The summed E-state index contributed by atoms with van der Waals surface area (Å²) in [5.74, 6) is 1.44. The summed E-state index contributed by atoms with van der Waals surface area (Å²) in [6, 6.07) is -0.232. The van der Waals surface area contributed by atoms with E-state index in [9.17, 15) is 18.0 Å². The van der Waals surface area contributed by atoms with Crippen LogP contribution >= 0.6 is 0 Å². The molecule has 0 aliphatic heterocycles. The van der Waals surface area contributed by atoms with E-state index in [2.05, 4.69) is 41.4 Å². The number of alkyl carbamates (subject to hydrolysis) is 1. The van der Waals surface area contributed by atoms with Crippen molar-refractivity contribution >= 4 is 12.0 Å². The molecule has 1 aromatic rings. The monoisotopic (exact) mass is 442 g/mol. The molecule has 0 spiro atoms. The smallest absolute Gasteiger partial charge is 0.419 e. The number of aromatic nitrogens is 2. The van der Waals surface area contributed by atoms with Crippen LogP contribution in [0.1, 0.15) is 71.8 Å². The van der Waals surface area contributed by atoms with Crippen LogP contribution in [0.15, 0.2) is 12.4 Å². The summed E-state index contributed by atoms with van der Waals surface area (Å²) in [7, 11) is 0. The molecule has 2 N–H and O–H groups in total. The van der Waals surface area contributed by atoms with Crippen LogP contribution in [0.2, 0.25) is 0 Å². The van der Waals surface area contributed by atoms with E-state index in [1.807, 2.05) is 6.92 Å². The Morgan fingerprint density at radius 1 is 1.23 bits per heavy atom. The number of nitrogens with one attached hydrogen (secondary N) is 2. The summed E-state index contributed by atoms with van der Waals surface area (Å²) >= 11 is 0. The maximum absolute atomic E-state index is 12.7. The second-order valence-corrected chi connectivity index (χ2v) is 9.69. The number of hydrogen-bond donors (Lipinski definition) is 2. The van der Waals surface area contributed by atoms with Crippen molar-refractivity contribution in [2.45, 2.75) is 90.1 Å². The third-order valence-electron chi connectivity index (χ3n) is 6.85. The van der Waals surface area contributed by atoms with Gasteiger partial charge in [-0.3, -0.25) is 0 Å². The third-order valence-corrected chi connectivity index (χ3v) is 6.85. The van der Waals surface area contributed by atoms with Gasteiger partial charge in [-0.25, -0.2) is 14.8 Å². The van der Waals surface area contributed by atoms with Gasteiger partial charge in [-0.05, 0) is 56.8 Å². The zero-order valence-corrected chi connectivity index (χ0v) is 18.6. The van der Waals surface area contributed by atoms with E-state index in [-0.39, 0.29) is 18.1 Å². The van der Waals surface area contributed by atoms with Gasteiger partial charge in [0.1, 0.15) is 6.10 Å². The summed E-state index contributed by atoms with van der Waals surface area (Å²) in [6.07, 6.45) is 1.95. The Bertz CT molecular complexity index is 756. The van der Waals surface area contributed by atoms with Crippen LogP contribution in [0.3, 0.4) is 0 Å². The lowest BCUT2D eigenvalue weighted by molar-refractivity contribution is -0.138. The largest absolute Gasteiger partial charge is 0.446 e. The van der Waals surface area contributed by atoms with Gasteiger partial charge in [0, 0.05) is 12.4 Å². The summed E-state index contributed by atoms with van der Waals surface area (Å²) in [4.78, 5) is 20.3. The molecule has 9 heteroatoms. The van der Waals surface area contributed by atoms with Crippen molar-refractivity contribution in [2.75, 3.05) is 5.32 Å². The first-order chi connectivity index (χ1) is 14.5. The van der Waals surface area contributed by atoms with Gasteiger partial charge in [0.2, 0.25) is 5.95 Å². The Morgan fingerprint density at radius 2 is 1.90 bits per heavy atom. The first kappa shape index (κ1) is 23.6. The molecule has 1 aromatic heterocycles. The molecule has 0 saturated heterocycles. The zero-order valence-electron chi connectivity index (χ0n) is 18.6. The zero-order chi connectivity index (χ0) is 22.8. The molecule has 2 saturated carbocycles. The van der Waals surface area contributed by atoms with Crippen LogP contribution in [0.25, 0.3) is 0 Å². The molecule has 2 aliphatic carbocycles. The summed E-state index contributed by atoms with van der Waals surface area (Å²) in [6.45, 7) is 8.44. The van der Waals surface area contributed by atoms with Gasteiger partial charge in [-0.2, -0.15) is 13.2 Å². The maximum atomic E-state index is 12.7. The number of hydrogen-bond acceptors (Lipinski definition) is 5. The SMILES string of the molecule is CC1CCC(C(C)C)C(OC(=O)NC2CCCC2(C)Nc2ncc(C(F)(F)F)cn2)C1. The van der Waals surface area contributed by atoms with E-state index in [4.69, 9.17) is 4.74 Å². The van der Waals surface area contributed by atoms with Crippen LogP contribution in [0.4, 0.5) is 23.9 Å². The van der Waals surface area contributed by atoms with Gasteiger partial charge in [0.25, 0.3) is 0 Å². The van der Waals surface area contributed by atoms with E-state index in [0.717, 1.165) is 50.9 Å². The van der Waals surface area contributed by atoms with Crippen LogP contribution in [0, 0.1) is 17.8 Å². The highest BCUT2D eigenvalue weighted by molar-refractivity contribution is 5.68. The molecule has 0 aromatic carbocycles. The predicted octanol–water partition coefficient (Wildman–Crippen LogP) is 5.41. The fourth-order valence-corrected chi connectivity index (χ4v) is 4.91. The van der Waals surface area contributed by atoms with Crippen LogP contribution in [0.5, 0.6) is 0 Å². The van der Waals surface area contributed by atoms with Gasteiger partial charge >= 0.3 is 12.3 Å². The Morgan fingerprint density at radius 3 is 2.52 bits per heavy atom. The molecule has 5 atom stereocenters. The number of nitrogens with zero attached hydrogens (tertiary/aromatic N) is 2. The van der Waals surface area contributed by atoms with Crippen molar-refractivity contribution in [2.24, 2.45) is 17.8 Å². The number of amides is 1. The van der Waals surface area contributed by atoms with Gasteiger partial charge in [0.15, 0.2) is 0 Å². The highest BCUT2D eigenvalue weighted by atomic mass is 19.4. The van der Waals surface area contributed by atoms with Gasteiger partial charge in [0.05, 0.1) is 17.1 Å². The van der Waals surface area contributed by atoms with Crippen LogP contribution < -0.4 is 10.6 Å². The molecule has 5 unspecified atom stereocenters. The minimum absolute atomic E-state index is 0.0948. The molecule has 0 bridgehead atoms. The Hall–Kier alpha value is -2.06. The molecular formula is C22H33F3N4O2. The number of anilines is 1. The number of carbonyl (C=O) groups is 1. The molecule has 0 radical (unpaired) electrons. The summed E-state index contributed by atoms with van der Waals surface area (Å²) in [5.41, 5.74) is -1.47. The molecule has 1 heterocycles. The summed E-state index contributed by atoms with van der Waals surface area (Å²) in [5, 5.41) is 6.12. The molecule has 2 fully saturated rings. The average Bonchev–Trinajstić information content (AvgIpc) is 3.01. The quantitative estimate of drug-likeness (QED) is 0.638. The molecular weight excluding hydrogens is 409 g/mol. The number of halogens is 3. The van der Waals surface area contributed by atoms with E-state index >= 15 is 0 Å². The minimum Gasteiger partial charge on any atom is -0.446 e. The fourth-order valence-electron chi connectivity index (χ4n) is 4.91. The summed E-state index contributed by atoms with van der Waals surface area (Å²) < 4.78 is 44.1. The number of rotatable bonds is 5. The lowest BCUT2D eigenvalue weighted by atomic mass is 9.75. The second kappa shape index (κ2) is 9.20.